The fourth-order valence-corrected chi connectivity index (χ4v) is 2.26. The lowest BCUT2D eigenvalue weighted by molar-refractivity contribution is 0.573. The molecule has 0 spiro atoms. The van der Waals surface area contributed by atoms with Crippen LogP contribution in [0.3, 0.4) is 0 Å². The van der Waals surface area contributed by atoms with Crippen LogP contribution in [0.2, 0.25) is 0 Å². The van der Waals surface area contributed by atoms with E-state index < -0.39 is 15.8 Å². The number of halogens is 2. The van der Waals surface area contributed by atoms with Crippen molar-refractivity contribution in [1.29, 1.82) is 0 Å². The molecule has 1 aromatic rings. The summed E-state index contributed by atoms with van der Waals surface area (Å²) < 4.78 is 38.4. The third kappa shape index (κ3) is 4.15. The molecule has 1 atom stereocenters. The minimum atomic E-state index is -3.65. The Morgan fingerprint density at radius 1 is 1.56 bits per heavy atom. The zero-order valence-corrected chi connectivity index (χ0v) is 11.1. The molecule has 7 heteroatoms. The van der Waals surface area contributed by atoms with Crippen molar-refractivity contribution in [3.8, 4) is 0 Å². The number of rotatable bonds is 5. The van der Waals surface area contributed by atoms with E-state index in [0.29, 0.717) is 13.0 Å². The molecule has 0 aliphatic carbocycles. The molecule has 0 saturated carbocycles. The van der Waals surface area contributed by atoms with Gasteiger partial charge in [-0.2, -0.15) is 0 Å². The summed E-state index contributed by atoms with van der Waals surface area (Å²) in [7, 11) is -3.65. The predicted octanol–water partition coefficient (Wildman–Crippen LogP) is 1.67. The van der Waals surface area contributed by atoms with E-state index in [1.165, 1.54) is 0 Å². The Morgan fingerprint density at radius 2 is 2.25 bits per heavy atom. The van der Waals surface area contributed by atoms with Gasteiger partial charge in [-0.1, -0.05) is 22.9 Å². The number of nitrogens with zero attached hydrogens (tertiary/aromatic N) is 1. The lowest BCUT2D eigenvalue weighted by atomic mass is 10.3. The molecular weight excluding hydrogens is 299 g/mol. The molecule has 90 valence electrons. The van der Waals surface area contributed by atoms with Crippen LogP contribution in [0.25, 0.3) is 0 Å². The van der Waals surface area contributed by atoms with Crippen LogP contribution >= 0.6 is 15.9 Å². The molecule has 1 N–H and O–H groups in total. The quantitative estimate of drug-likeness (QED) is 0.842. The maximum atomic E-state index is 12.8. The van der Waals surface area contributed by atoms with Gasteiger partial charge >= 0.3 is 0 Å². The van der Waals surface area contributed by atoms with Crippen LogP contribution < -0.4 is 4.72 Å². The van der Waals surface area contributed by atoms with Gasteiger partial charge in [-0.3, -0.25) is 4.98 Å². The molecule has 1 unspecified atom stereocenters. The van der Waals surface area contributed by atoms with Crippen molar-refractivity contribution >= 4 is 26.0 Å². The first-order valence-electron chi connectivity index (χ1n) is 4.66. The number of hydrogen-bond acceptors (Lipinski definition) is 3. The van der Waals surface area contributed by atoms with Crippen molar-refractivity contribution in [2.75, 3.05) is 6.54 Å². The van der Waals surface area contributed by atoms with Gasteiger partial charge in [0.05, 0.1) is 6.20 Å². The summed E-state index contributed by atoms with van der Waals surface area (Å²) in [5, 5.41) is 0. The fraction of sp³-hybridized carbons (Fsp3) is 0.444. The molecule has 1 aromatic heterocycles. The molecule has 1 heterocycles. The minimum Gasteiger partial charge on any atom is -0.260 e. The Balaban J connectivity index is 2.71. The second kappa shape index (κ2) is 5.70. The molecule has 0 bridgehead atoms. The van der Waals surface area contributed by atoms with E-state index in [1.54, 1.807) is 0 Å². The van der Waals surface area contributed by atoms with Crippen molar-refractivity contribution in [3.63, 3.8) is 0 Å². The maximum absolute atomic E-state index is 12.8. The molecule has 0 saturated heterocycles. The largest absolute Gasteiger partial charge is 0.260 e. The first-order valence-corrected chi connectivity index (χ1v) is 7.06. The van der Waals surface area contributed by atoms with E-state index in [1.807, 2.05) is 6.92 Å². The van der Waals surface area contributed by atoms with Crippen LogP contribution in [-0.2, 0) is 10.0 Å². The number of pyridine rings is 1. The average Bonchev–Trinajstić information content (AvgIpc) is 2.16. The molecule has 0 aromatic carbocycles. The molecule has 0 radical (unpaired) electrons. The Hall–Kier alpha value is -0.530. The van der Waals surface area contributed by atoms with Crippen molar-refractivity contribution in [3.05, 3.63) is 24.3 Å². The molecule has 0 amide bonds. The van der Waals surface area contributed by atoms with E-state index >= 15 is 0 Å². The van der Waals surface area contributed by atoms with E-state index in [-0.39, 0.29) is 9.72 Å². The van der Waals surface area contributed by atoms with Gasteiger partial charge in [-0.15, -0.1) is 0 Å². The van der Waals surface area contributed by atoms with Gasteiger partial charge in [-0.25, -0.2) is 17.5 Å². The van der Waals surface area contributed by atoms with Crippen molar-refractivity contribution in [2.45, 2.75) is 23.1 Å². The molecule has 0 aliphatic heterocycles. The van der Waals surface area contributed by atoms with Crippen molar-refractivity contribution in [1.82, 2.24) is 9.71 Å². The number of alkyl halides is 1. The smallest absolute Gasteiger partial charge is 0.242 e. The Morgan fingerprint density at radius 3 is 2.81 bits per heavy atom. The van der Waals surface area contributed by atoms with Gasteiger partial charge in [0.15, 0.2) is 0 Å². The summed E-state index contributed by atoms with van der Waals surface area (Å²) in [5.74, 6) is -0.670. The SMILES string of the molecule is CC(Br)CCNS(=O)(=O)c1cncc(F)c1. The zero-order valence-electron chi connectivity index (χ0n) is 8.65. The summed E-state index contributed by atoms with van der Waals surface area (Å²) in [6.45, 7) is 2.21. The molecule has 0 aliphatic rings. The van der Waals surface area contributed by atoms with Crippen LogP contribution in [0.1, 0.15) is 13.3 Å². The molecule has 0 fully saturated rings. The summed E-state index contributed by atoms with van der Waals surface area (Å²) in [6, 6.07) is 0.937. The maximum Gasteiger partial charge on any atom is 0.242 e. The van der Waals surface area contributed by atoms with Crippen LogP contribution in [-0.4, -0.2) is 24.8 Å². The molecule has 4 nitrogen and oxygen atoms in total. The van der Waals surface area contributed by atoms with Crippen molar-refractivity contribution in [2.24, 2.45) is 0 Å². The summed E-state index contributed by atoms with van der Waals surface area (Å²) >= 11 is 3.30. The predicted molar refractivity (Wildman–Crippen MR) is 62.4 cm³/mol. The lowest BCUT2D eigenvalue weighted by Gasteiger charge is -2.07. The van der Waals surface area contributed by atoms with Crippen LogP contribution in [0.5, 0.6) is 0 Å². The molecular formula is C9H12BrFN2O2S. The van der Waals surface area contributed by atoms with E-state index in [2.05, 4.69) is 25.6 Å². The van der Waals surface area contributed by atoms with Gasteiger partial charge in [0.2, 0.25) is 10.0 Å². The van der Waals surface area contributed by atoms with Crippen LogP contribution in [0.4, 0.5) is 4.39 Å². The number of hydrogen-bond donors (Lipinski definition) is 1. The zero-order chi connectivity index (χ0) is 12.2. The van der Waals surface area contributed by atoms with E-state index in [4.69, 9.17) is 0 Å². The Labute approximate surface area is 102 Å². The number of sulfonamides is 1. The minimum absolute atomic E-state index is 0.158. The highest BCUT2D eigenvalue weighted by atomic mass is 79.9. The first-order chi connectivity index (χ1) is 7.42. The van der Waals surface area contributed by atoms with Gasteiger partial charge in [-0.05, 0) is 12.5 Å². The summed E-state index contributed by atoms with van der Waals surface area (Å²) in [6.07, 6.45) is 2.73. The van der Waals surface area contributed by atoms with Gasteiger partial charge < -0.3 is 0 Å². The summed E-state index contributed by atoms with van der Waals surface area (Å²) in [5.41, 5.74) is 0. The lowest BCUT2D eigenvalue weighted by Crippen LogP contribution is -2.26. The van der Waals surface area contributed by atoms with E-state index in [9.17, 15) is 12.8 Å². The van der Waals surface area contributed by atoms with Crippen LogP contribution in [0.15, 0.2) is 23.4 Å². The third-order valence-corrected chi connectivity index (χ3v) is 3.71. The Kier molecular flexibility index (Phi) is 4.82. The first kappa shape index (κ1) is 13.5. The fourth-order valence-electron chi connectivity index (χ4n) is 1.01. The monoisotopic (exact) mass is 310 g/mol. The van der Waals surface area contributed by atoms with Crippen LogP contribution in [0, 0.1) is 5.82 Å². The normalized spacial score (nSPS) is 13.7. The van der Waals surface area contributed by atoms with Gasteiger partial charge in [0.1, 0.15) is 10.7 Å². The van der Waals surface area contributed by atoms with E-state index in [0.717, 1.165) is 18.5 Å². The third-order valence-electron chi connectivity index (χ3n) is 1.82. The second-order valence-electron chi connectivity index (χ2n) is 3.31. The van der Waals surface area contributed by atoms with Gasteiger partial charge in [0.25, 0.3) is 0 Å². The topological polar surface area (TPSA) is 59.1 Å². The number of aromatic nitrogens is 1. The summed E-state index contributed by atoms with van der Waals surface area (Å²) in [4.78, 5) is 3.56. The molecule has 16 heavy (non-hydrogen) atoms. The van der Waals surface area contributed by atoms with Crippen molar-refractivity contribution < 1.29 is 12.8 Å². The highest BCUT2D eigenvalue weighted by Crippen LogP contribution is 2.09. The second-order valence-corrected chi connectivity index (χ2v) is 6.64. The number of nitrogens with one attached hydrogen (secondary N) is 1. The Bertz CT molecular complexity index is 451. The molecule has 1 rings (SSSR count). The van der Waals surface area contributed by atoms with Gasteiger partial charge in [0, 0.05) is 17.6 Å². The standard InChI is InChI=1S/C9H12BrFN2O2S/c1-7(10)2-3-13-16(14,15)9-4-8(11)5-12-6-9/h4-7,13H,2-3H2,1H3. The highest BCUT2D eigenvalue weighted by molar-refractivity contribution is 9.09. The highest BCUT2D eigenvalue weighted by Gasteiger charge is 2.14. The average molecular weight is 311 g/mol.